The first-order chi connectivity index (χ1) is 11.6. The van der Waals surface area contributed by atoms with Gasteiger partial charge in [-0.1, -0.05) is 6.07 Å². The van der Waals surface area contributed by atoms with Crippen LogP contribution in [0.3, 0.4) is 0 Å². The number of benzene rings is 1. The number of carbonyl (C=O) groups excluding carboxylic acids is 1. The molecular weight excluding hydrogens is 322 g/mol. The fraction of sp³-hybridized carbons (Fsp3) is 0.333. The zero-order valence-electron chi connectivity index (χ0n) is 14.1. The number of aromatic amines is 1. The van der Waals surface area contributed by atoms with E-state index in [0.717, 1.165) is 21.6 Å². The number of hydrogen-bond donors (Lipinski definition) is 1. The Balaban J connectivity index is 1.69. The van der Waals surface area contributed by atoms with Gasteiger partial charge < -0.3 is 14.6 Å². The number of H-pyrrole nitrogens is 1. The number of nitrogens with one attached hydrogen (secondary N) is 1. The van der Waals surface area contributed by atoms with Crippen LogP contribution < -0.4 is 0 Å². The van der Waals surface area contributed by atoms with Crippen LogP contribution in [-0.4, -0.2) is 34.4 Å². The van der Waals surface area contributed by atoms with Crippen molar-refractivity contribution in [3.8, 4) is 0 Å². The number of ether oxygens (including phenoxy) is 1. The molecule has 3 aromatic rings. The highest BCUT2D eigenvalue weighted by Crippen LogP contribution is 2.22. The van der Waals surface area contributed by atoms with Gasteiger partial charge in [0.15, 0.2) is 0 Å². The third-order valence-corrected chi connectivity index (χ3v) is 4.94. The Morgan fingerprint density at radius 3 is 3.04 bits per heavy atom. The Kier molecular flexibility index (Phi) is 4.97. The van der Waals surface area contributed by atoms with Gasteiger partial charge in [0.25, 0.3) is 5.91 Å². The van der Waals surface area contributed by atoms with Crippen LogP contribution >= 0.6 is 11.3 Å². The molecule has 1 unspecified atom stereocenters. The Morgan fingerprint density at radius 1 is 1.42 bits per heavy atom. The van der Waals surface area contributed by atoms with Crippen molar-refractivity contribution in [2.45, 2.75) is 26.5 Å². The molecular formula is C18H21N3O2S. The summed E-state index contributed by atoms with van der Waals surface area (Å²) in [6, 6.07) is 7.69. The third kappa shape index (κ3) is 3.49. The average molecular weight is 343 g/mol. The molecule has 0 bridgehead atoms. The molecule has 0 spiro atoms. The highest BCUT2D eigenvalue weighted by Gasteiger charge is 2.16. The molecule has 0 aliphatic carbocycles. The highest BCUT2D eigenvalue weighted by molar-refractivity contribution is 7.09. The van der Waals surface area contributed by atoms with Gasteiger partial charge in [0.05, 0.1) is 12.2 Å². The van der Waals surface area contributed by atoms with Gasteiger partial charge in [-0.2, -0.15) is 0 Å². The predicted octanol–water partition coefficient (Wildman–Crippen LogP) is 3.99. The van der Waals surface area contributed by atoms with E-state index in [2.05, 4.69) is 9.97 Å². The molecule has 0 saturated heterocycles. The van der Waals surface area contributed by atoms with E-state index < -0.39 is 0 Å². The molecule has 5 nitrogen and oxygen atoms in total. The Morgan fingerprint density at radius 2 is 2.25 bits per heavy atom. The average Bonchev–Trinajstić information content (AvgIpc) is 3.22. The van der Waals surface area contributed by atoms with Crippen molar-refractivity contribution in [2.75, 3.05) is 13.7 Å². The topological polar surface area (TPSA) is 58.2 Å². The maximum absolute atomic E-state index is 12.6. The standard InChI is InChI=1S/C18H21N3O2S/c1-4-23-12(2)17-20-15(11-24-17)10-21(3)18(22)14-6-5-13-7-8-19-16(13)9-14/h5-9,11-12,19H,4,10H2,1-3H3. The maximum atomic E-state index is 12.6. The van der Waals surface area contributed by atoms with E-state index in [1.165, 1.54) is 0 Å². The van der Waals surface area contributed by atoms with Crippen LogP contribution in [0.25, 0.3) is 10.9 Å². The minimum absolute atomic E-state index is 0.00922. The number of carbonyl (C=O) groups is 1. The van der Waals surface area contributed by atoms with Gasteiger partial charge in [0.2, 0.25) is 0 Å². The van der Waals surface area contributed by atoms with E-state index in [-0.39, 0.29) is 12.0 Å². The van der Waals surface area contributed by atoms with Crippen LogP contribution in [-0.2, 0) is 11.3 Å². The molecule has 2 heterocycles. The Bertz CT molecular complexity index is 840. The molecule has 3 rings (SSSR count). The summed E-state index contributed by atoms with van der Waals surface area (Å²) in [4.78, 5) is 22.0. The lowest BCUT2D eigenvalue weighted by Gasteiger charge is -2.16. The molecule has 24 heavy (non-hydrogen) atoms. The summed E-state index contributed by atoms with van der Waals surface area (Å²) < 4.78 is 5.56. The van der Waals surface area contributed by atoms with Gasteiger partial charge >= 0.3 is 0 Å². The summed E-state index contributed by atoms with van der Waals surface area (Å²) in [5.41, 5.74) is 2.53. The van der Waals surface area contributed by atoms with E-state index in [4.69, 9.17) is 4.74 Å². The minimum atomic E-state index is -0.0149. The van der Waals surface area contributed by atoms with Crippen molar-refractivity contribution in [2.24, 2.45) is 0 Å². The number of nitrogens with zero attached hydrogens (tertiary/aromatic N) is 2. The Labute approximate surface area is 145 Å². The van der Waals surface area contributed by atoms with Gasteiger partial charge in [-0.25, -0.2) is 4.98 Å². The van der Waals surface area contributed by atoms with Gasteiger partial charge in [-0.15, -0.1) is 11.3 Å². The van der Waals surface area contributed by atoms with Gasteiger partial charge in [-0.05, 0) is 37.4 Å². The molecule has 0 aliphatic heterocycles. The first-order valence-corrected chi connectivity index (χ1v) is 8.85. The molecule has 1 aromatic carbocycles. The quantitative estimate of drug-likeness (QED) is 0.736. The third-order valence-electron chi connectivity index (χ3n) is 3.88. The van der Waals surface area contributed by atoms with Crippen LogP contribution in [0.1, 0.15) is 41.0 Å². The van der Waals surface area contributed by atoms with Crippen LogP contribution in [0.5, 0.6) is 0 Å². The van der Waals surface area contributed by atoms with Crippen molar-refractivity contribution in [1.82, 2.24) is 14.9 Å². The number of aromatic nitrogens is 2. The molecule has 6 heteroatoms. The Hall–Kier alpha value is -2.18. The molecule has 126 valence electrons. The van der Waals surface area contributed by atoms with Crippen molar-refractivity contribution >= 4 is 28.1 Å². The number of rotatable bonds is 6. The maximum Gasteiger partial charge on any atom is 0.254 e. The molecule has 1 amide bonds. The second kappa shape index (κ2) is 7.15. The monoisotopic (exact) mass is 343 g/mol. The first kappa shape index (κ1) is 16.7. The number of thiazole rings is 1. The largest absolute Gasteiger partial charge is 0.372 e. The van der Waals surface area contributed by atoms with E-state index in [1.54, 1.807) is 23.3 Å². The molecule has 1 atom stereocenters. The number of fused-ring (bicyclic) bond motifs is 1. The second-order valence-electron chi connectivity index (χ2n) is 5.72. The van der Waals surface area contributed by atoms with E-state index in [0.29, 0.717) is 18.7 Å². The summed E-state index contributed by atoms with van der Waals surface area (Å²) in [6.45, 7) is 5.11. The lowest BCUT2D eigenvalue weighted by Crippen LogP contribution is -2.26. The SMILES string of the molecule is CCOC(C)c1nc(CN(C)C(=O)c2ccc3cc[nH]c3c2)cs1. The summed E-state index contributed by atoms with van der Waals surface area (Å²) in [6.07, 6.45) is 1.86. The molecule has 1 N–H and O–H groups in total. The molecule has 0 saturated carbocycles. The zero-order chi connectivity index (χ0) is 17.1. The van der Waals surface area contributed by atoms with Crippen LogP contribution in [0, 0.1) is 0 Å². The van der Waals surface area contributed by atoms with Gasteiger partial charge in [0.1, 0.15) is 11.1 Å². The lowest BCUT2D eigenvalue weighted by atomic mass is 10.1. The van der Waals surface area contributed by atoms with E-state index in [9.17, 15) is 4.79 Å². The molecule has 2 aromatic heterocycles. The van der Waals surface area contributed by atoms with Crippen molar-refractivity contribution in [1.29, 1.82) is 0 Å². The van der Waals surface area contributed by atoms with E-state index >= 15 is 0 Å². The number of hydrogen-bond acceptors (Lipinski definition) is 4. The van der Waals surface area contributed by atoms with E-state index in [1.807, 2.05) is 49.7 Å². The summed E-state index contributed by atoms with van der Waals surface area (Å²) in [5.74, 6) is -0.0149. The molecule has 0 radical (unpaired) electrons. The zero-order valence-corrected chi connectivity index (χ0v) is 14.9. The fourth-order valence-corrected chi connectivity index (χ4v) is 3.43. The highest BCUT2D eigenvalue weighted by atomic mass is 32.1. The summed E-state index contributed by atoms with van der Waals surface area (Å²) >= 11 is 1.57. The van der Waals surface area contributed by atoms with Crippen molar-refractivity contribution in [3.63, 3.8) is 0 Å². The first-order valence-electron chi connectivity index (χ1n) is 7.97. The van der Waals surface area contributed by atoms with Gasteiger partial charge in [0, 0.05) is 36.3 Å². The van der Waals surface area contributed by atoms with Crippen molar-refractivity contribution in [3.05, 3.63) is 52.1 Å². The fourth-order valence-electron chi connectivity index (χ4n) is 2.62. The number of amides is 1. The summed E-state index contributed by atoms with van der Waals surface area (Å²) in [5, 5.41) is 4.03. The van der Waals surface area contributed by atoms with Crippen molar-refractivity contribution < 1.29 is 9.53 Å². The summed E-state index contributed by atoms with van der Waals surface area (Å²) in [7, 11) is 1.80. The predicted molar refractivity (Wildman–Crippen MR) is 96.3 cm³/mol. The lowest BCUT2D eigenvalue weighted by molar-refractivity contribution is 0.0756. The minimum Gasteiger partial charge on any atom is -0.372 e. The smallest absolute Gasteiger partial charge is 0.254 e. The van der Waals surface area contributed by atoms with Crippen LogP contribution in [0.15, 0.2) is 35.8 Å². The van der Waals surface area contributed by atoms with Crippen LogP contribution in [0.4, 0.5) is 0 Å². The van der Waals surface area contributed by atoms with Gasteiger partial charge in [-0.3, -0.25) is 4.79 Å². The second-order valence-corrected chi connectivity index (χ2v) is 6.61. The molecule has 0 aliphatic rings. The van der Waals surface area contributed by atoms with Crippen LogP contribution in [0.2, 0.25) is 0 Å². The molecule has 0 fully saturated rings. The normalized spacial score (nSPS) is 12.5.